The Labute approximate surface area is 201 Å². The van der Waals surface area contributed by atoms with Crippen molar-refractivity contribution in [1.29, 1.82) is 0 Å². The van der Waals surface area contributed by atoms with Crippen molar-refractivity contribution in [2.75, 3.05) is 20.8 Å². The first-order valence-electron chi connectivity index (χ1n) is 10.6. The van der Waals surface area contributed by atoms with Crippen molar-refractivity contribution in [1.82, 2.24) is 10.3 Å². The first-order chi connectivity index (χ1) is 16.3. The zero-order valence-corrected chi connectivity index (χ0v) is 19.9. The number of carbonyl (C=O) groups excluding carboxylic acids is 1. The number of hydrogen-bond acceptors (Lipinski definition) is 6. The minimum Gasteiger partial charge on any atom is -0.396 e. The van der Waals surface area contributed by atoms with E-state index < -0.39 is 28.5 Å². The van der Waals surface area contributed by atoms with Crippen molar-refractivity contribution in [2.24, 2.45) is 16.0 Å². The number of carbonyl (C=O) groups is 1. The van der Waals surface area contributed by atoms with Crippen LogP contribution in [0.2, 0.25) is 0 Å². The standard InChI is InChI=1S/C23H27F2N5O3S/c1-15(32-2)21(31)30-23(16-8-5-4-6-9-16,12-7-13-27-22(26)29-33-3)34-20(28-30)18-14-17(24)10-11-19(18)25/h4-6,8-11,14-15H,7,12-13H2,1-3H3,(H3,26,27,29)/t15-,23?/m0/s1. The molecule has 1 aliphatic heterocycles. The van der Waals surface area contributed by atoms with Gasteiger partial charge in [-0.15, -0.1) is 0 Å². The summed E-state index contributed by atoms with van der Waals surface area (Å²) in [5, 5.41) is 12.6. The maximum Gasteiger partial charge on any atom is 0.273 e. The Morgan fingerprint density at radius 1 is 1.26 bits per heavy atom. The topological polar surface area (TPSA) is 102 Å². The number of methoxy groups -OCH3 is 1. The second kappa shape index (κ2) is 11.3. The summed E-state index contributed by atoms with van der Waals surface area (Å²) in [6.07, 6.45) is 0.161. The molecule has 1 heterocycles. The summed E-state index contributed by atoms with van der Waals surface area (Å²) in [5.41, 5.74) is 6.48. The van der Waals surface area contributed by atoms with Crippen LogP contribution in [0, 0.1) is 11.6 Å². The third-order valence-electron chi connectivity index (χ3n) is 5.28. The summed E-state index contributed by atoms with van der Waals surface area (Å²) in [6.45, 7) is 2.04. The van der Waals surface area contributed by atoms with Gasteiger partial charge in [0.05, 0.1) is 0 Å². The number of thioether (sulfide) groups is 1. The lowest BCUT2D eigenvalue weighted by Crippen LogP contribution is -2.46. The molecule has 0 aromatic heterocycles. The van der Waals surface area contributed by atoms with Gasteiger partial charge in [0, 0.05) is 19.2 Å². The second-order valence-corrected chi connectivity index (χ2v) is 8.77. The van der Waals surface area contributed by atoms with Crippen LogP contribution in [0.1, 0.15) is 30.9 Å². The highest BCUT2D eigenvalue weighted by atomic mass is 32.2. The molecule has 0 spiro atoms. The minimum atomic E-state index is -1.02. The smallest absolute Gasteiger partial charge is 0.273 e. The summed E-state index contributed by atoms with van der Waals surface area (Å²) in [4.78, 5) is 17.0. The van der Waals surface area contributed by atoms with Crippen LogP contribution >= 0.6 is 11.8 Å². The van der Waals surface area contributed by atoms with Crippen LogP contribution < -0.4 is 11.1 Å². The third-order valence-corrected chi connectivity index (χ3v) is 6.73. The van der Waals surface area contributed by atoms with Crippen LogP contribution in [-0.2, 0) is 19.2 Å². The van der Waals surface area contributed by atoms with Gasteiger partial charge in [0.25, 0.3) is 5.91 Å². The lowest BCUT2D eigenvalue weighted by molar-refractivity contribution is -0.144. The van der Waals surface area contributed by atoms with Crippen molar-refractivity contribution in [3.05, 3.63) is 71.3 Å². The molecule has 0 saturated carbocycles. The summed E-state index contributed by atoms with van der Waals surface area (Å²) < 4.78 is 33.9. The highest BCUT2D eigenvalue weighted by molar-refractivity contribution is 8.15. The molecule has 8 nitrogen and oxygen atoms in total. The van der Waals surface area contributed by atoms with Crippen LogP contribution in [0.25, 0.3) is 0 Å². The molecule has 0 bridgehead atoms. The van der Waals surface area contributed by atoms with E-state index in [-0.39, 0.29) is 16.6 Å². The third kappa shape index (κ3) is 5.48. The Bertz CT molecular complexity index is 1070. The Morgan fingerprint density at radius 2 is 2.00 bits per heavy atom. The SMILES string of the molecule is CO/N=C(/N)NCCCC1(c2ccccc2)SC(c2cc(F)ccc2F)=NN1C(=O)[C@H](C)OC. The van der Waals surface area contributed by atoms with Crippen LogP contribution in [-0.4, -0.2) is 48.8 Å². The number of hydrogen-bond donors (Lipinski definition) is 2. The van der Waals surface area contributed by atoms with E-state index >= 15 is 0 Å². The minimum absolute atomic E-state index is 0.0136. The average Bonchev–Trinajstić information content (AvgIpc) is 3.23. The number of guanidine groups is 1. The molecule has 2 atom stereocenters. The lowest BCUT2D eigenvalue weighted by Gasteiger charge is -2.37. The number of rotatable bonds is 9. The van der Waals surface area contributed by atoms with Crippen LogP contribution in [0.3, 0.4) is 0 Å². The normalized spacial score (nSPS) is 19.0. The Balaban J connectivity index is 2.03. The number of amides is 1. The molecular weight excluding hydrogens is 464 g/mol. The van der Waals surface area contributed by atoms with Gasteiger partial charge in [-0.3, -0.25) is 4.79 Å². The molecule has 34 heavy (non-hydrogen) atoms. The van der Waals surface area contributed by atoms with E-state index in [1.807, 2.05) is 30.3 Å². The Morgan fingerprint density at radius 3 is 2.68 bits per heavy atom. The van der Waals surface area contributed by atoms with Gasteiger partial charge in [0.2, 0.25) is 5.96 Å². The summed E-state index contributed by atoms with van der Waals surface area (Å²) in [7, 11) is 2.81. The molecule has 182 valence electrons. The van der Waals surface area contributed by atoms with E-state index in [4.69, 9.17) is 10.5 Å². The molecule has 0 radical (unpaired) electrons. The summed E-state index contributed by atoms with van der Waals surface area (Å²) in [5.74, 6) is -1.51. The van der Waals surface area contributed by atoms with Crippen molar-refractivity contribution in [3.63, 3.8) is 0 Å². The molecule has 0 aliphatic carbocycles. The number of hydrazone groups is 1. The lowest BCUT2D eigenvalue weighted by atomic mass is 9.99. The van der Waals surface area contributed by atoms with E-state index in [9.17, 15) is 13.6 Å². The van der Waals surface area contributed by atoms with Gasteiger partial charge in [-0.05, 0) is 48.7 Å². The van der Waals surface area contributed by atoms with Crippen LogP contribution in [0.5, 0.6) is 0 Å². The molecule has 2 aromatic rings. The molecule has 1 aliphatic rings. The molecule has 2 aromatic carbocycles. The molecule has 1 unspecified atom stereocenters. The van der Waals surface area contributed by atoms with Crippen LogP contribution in [0.15, 0.2) is 58.8 Å². The first kappa shape index (κ1) is 25.4. The maximum atomic E-state index is 14.7. The van der Waals surface area contributed by atoms with Gasteiger partial charge in [-0.1, -0.05) is 42.1 Å². The highest BCUT2D eigenvalue weighted by Gasteiger charge is 2.49. The second-order valence-electron chi connectivity index (χ2n) is 7.50. The molecule has 3 N–H and O–H groups in total. The summed E-state index contributed by atoms with van der Waals surface area (Å²) in [6, 6.07) is 12.5. The average molecular weight is 492 g/mol. The number of oxime groups is 1. The van der Waals surface area contributed by atoms with E-state index in [1.54, 1.807) is 6.92 Å². The summed E-state index contributed by atoms with van der Waals surface area (Å²) >= 11 is 1.20. The van der Waals surface area contributed by atoms with Gasteiger partial charge in [-0.25, -0.2) is 13.8 Å². The molecule has 11 heteroatoms. The number of ether oxygens (including phenoxy) is 1. The Hall–Kier alpha value is -3.18. The van der Waals surface area contributed by atoms with Crippen molar-refractivity contribution in [3.8, 4) is 0 Å². The van der Waals surface area contributed by atoms with Gasteiger partial charge in [-0.2, -0.15) is 5.10 Å². The molecule has 0 fully saturated rings. The number of halogens is 2. The zero-order chi connectivity index (χ0) is 24.7. The quantitative estimate of drug-likeness (QED) is 0.242. The molecule has 0 saturated heterocycles. The Kier molecular flexibility index (Phi) is 8.46. The number of nitrogens with one attached hydrogen (secondary N) is 1. The van der Waals surface area contributed by atoms with Crippen LogP contribution in [0.4, 0.5) is 8.78 Å². The van der Waals surface area contributed by atoms with E-state index in [2.05, 4.69) is 20.4 Å². The van der Waals surface area contributed by atoms with Gasteiger partial charge >= 0.3 is 0 Å². The van der Waals surface area contributed by atoms with Gasteiger partial charge in [0.15, 0.2) is 0 Å². The molecule has 1 amide bonds. The monoisotopic (exact) mass is 491 g/mol. The van der Waals surface area contributed by atoms with E-state index in [0.717, 1.165) is 23.8 Å². The predicted octanol–water partition coefficient (Wildman–Crippen LogP) is 3.34. The number of nitrogens with two attached hydrogens (primary N) is 1. The fourth-order valence-electron chi connectivity index (χ4n) is 3.52. The first-order valence-corrected chi connectivity index (χ1v) is 11.4. The van der Waals surface area contributed by atoms with Crippen molar-refractivity contribution < 1.29 is 23.1 Å². The molecule has 3 rings (SSSR count). The van der Waals surface area contributed by atoms with Gasteiger partial charge < -0.3 is 20.6 Å². The number of nitrogens with zero attached hydrogens (tertiary/aromatic N) is 3. The van der Waals surface area contributed by atoms with Gasteiger partial charge in [0.1, 0.15) is 34.8 Å². The van der Waals surface area contributed by atoms with Crippen molar-refractivity contribution >= 4 is 28.7 Å². The number of benzene rings is 2. The van der Waals surface area contributed by atoms with E-state index in [0.29, 0.717) is 19.4 Å². The largest absolute Gasteiger partial charge is 0.396 e. The fourth-order valence-corrected chi connectivity index (χ4v) is 4.95. The molecular formula is C23H27F2N5O3S. The zero-order valence-electron chi connectivity index (χ0n) is 19.1. The fraction of sp³-hybridized carbons (Fsp3) is 0.348. The maximum absolute atomic E-state index is 14.7. The van der Waals surface area contributed by atoms with E-state index in [1.165, 1.54) is 31.0 Å². The van der Waals surface area contributed by atoms with Crippen molar-refractivity contribution in [2.45, 2.75) is 30.7 Å². The highest BCUT2D eigenvalue weighted by Crippen LogP contribution is 2.50. The predicted molar refractivity (Wildman–Crippen MR) is 128 cm³/mol.